The summed E-state index contributed by atoms with van der Waals surface area (Å²) < 4.78 is 0. The van der Waals surface area contributed by atoms with E-state index in [1.54, 1.807) is 5.57 Å². The number of anilines is 2. The van der Waals surface area contributed by atoms with E-state index in [0.717, 1.165) is 12.8 Å². The molecule has 7 rings (SSSR count). The van der Waals surface area contributed by atoms with E-state index < -0.39 is 0 Å². The summed E-state index contributed by atoms with van der Waals surface area (Å²) >= 11 is 0. The Labute approximate surface area is 269 Å². The van der Waals surface area contributed by atoms with E-state index in [-0.39, 0.29) is 16.9 Å². The van der Waals surface area contributed by atoms with Crippen LogP contribution in [0, 0.1) is 0 Å². The minimum absolute atomic E-state index is 0.00612. The fraction of sp³-hybridized carbons (Fsp3) is 0.302. The molecule has 2 nitrogen and oxygen atoms in total. The van der Waals surface area contributed by atoms with Gasteiger partial charge in [0, 0.05) is 42.0 Å². The molecule has 2 heteroatoms. The van der Waals surface area contributed by atoms with E-state index in [4.69, 9.17) is 0 Å². The quantitative estimate of drug-likeness (QED) is 0.156. The predicted octanol–water partition coefficient (Wildman–Crippen LogP) is 10.9. The van der Waals surface area contributed by atoms with Crippen molar-refractivity contribution in [2.75, 3.05) is 23.9 Å². The van der Waals surface area contributed by atoms with E-state index in [0.29, 0.717) is 0 Å². The van der Waals surface area contributed by atoms with Gasteiger partial charge < -0.3 is 9.80 Å². The normalized spacial score (nSPS) is 25.6. The fourth-order valence-electron chi connectivity index (χ4n) is 8.87. The summed E-state index contributed by atoms with van der Waals surface area (Å²) in [6.07, 6.45) is 23.2. The Balaban J connectivity index is 1.23. The Morgan fingerprint density at radius 3 is 2.18 bits per heavy atom. The molecule has 3 unspecified atom stereocenters. The average Bonchev–Trinajstić information content (AvgIpc) is 3.40. The van der Waals surface area contributed by atoms with Crippen molar-refractivity contribution in [3.05, 3.63) is 144 Å². The molecule has 4 aromatic rings. The standard InChI is InChI=1S/C43H46N2/c1-6-29-42(2)38(44(4)36-27-25-32-19-13-15-21-34(32)40(36)42)23-11-8-12-24-39-43(3,30-31-17-9-7-10-18-31)41-35-22-16-14-20-33(35)26-28-37(41)45(39)5/h6,8,11-17,19-28,39H,1,7,9-10,18,29-30H2,2-5H3/b11-8+,24-12+,38-23+. The average molecular weight is 591 g/mol. The SMILES string of the molecule is C=CCC1(C)\C(=C/C=C/C=C/C2N(C)c3ccc4ccccc4c3C2(C)CC2=CCCCC2)N(C)c2ccc3ccccc3c21. The monoisotopic (exact) mass is 590 g/mol. The second-order valence-corrected chi connectivity index (χ2v) is 13.8. The third-order valence-electron chi connectivity index (χ3n) is 11.0. The van der Waals surface area contributed by atoms with E-state index in [1.165, 1.54) is 75.4 Å². The van der Waals surface area contributed by atoms with Gasteiger partial charge >= 0.3 is 0 Å². The second kappa shape index (κ2) is 11.6. The van der Waals surface area contributed by atoms with Gasteiger partial charge in [-0.3, -0.25) is 0 Å². The third-order valence-corrected chi connectivity index (χ3v) is 11.0. The van der Waals surface area contributed by atoms with Crippen LogP contribution in [0.5, 0.6) is 0 Å². The first kappa shape index (κ1) is 29.4. The van der Waals surface area contributed by atoms with Crippen LogP contribution in [-0.2, 0) is 10.8 Å². The van der Waals surface area contributed by atoms with Gasteiger partial charge in [0.2, 0.25) is 0 Å². The molecule has 2 heterocycles. The molecule has 0 saturated carbocycles. The van der Waals surface area contributed by atoms with E-state index >= 15 is 0 Å². The molecule has 0 amide bonds. The van der Waals surface area contributed by atoms with Crippen LogP contribution in [0.2, 0.25) is 0 Å². The molecule has 4 aromatic carbocycles. The van der Waals surface area contributed by atoms with Crippen molar-refractivity contribution in [1.82, 2.24) is 0 Å². The molecule has 0 N–H and O–H groups in total. The van der Waals surface area contributed by atoms with Crippen LogP contribution >= 0.6 is 0 Å². The first-order chi connectivity index (χ1) is 21.9. The highest BCUT2D eigenvalue weighted by Crippen LogP contribution is 2.53. The molecule has 0 spiro atoms. The molecule has 0 bridgehead atoms. The van der Waals surface area contributed by atoms with Crippen LogP contribution in [-0.4, -0.2) is 20.1 Å². The third kappa shape index (κ3) is 4.78. The van der Waals surface area contributed by atoms with Crippen molar-refractivity contribution in [3.63, 3.8) is 0 Å². The minimum atomic E-state index is -0.137. The zero-order valence-electron chi connectivity index (χ0n) is 27.4. The Bertz CT molecular complexity index is 1900. The summed E-state index contributed by atoms with van der Waals surface area (Å²) in [4.78, 5) is 4.89. The fourth-order valence-corrected chi connectivity index (χ4v) is 8.87. The van der Waals surface area contributed by atoms with Crippen LogP contribution in [0.1, 0.15) is 63.5 Å². The summed E-state index contributed by atoms with van der Waals surface area (Å²) in [7, 11) is 4.49. The topological polar surface area (TPSA) is 6.48 Å². The first-order valence-electron chi connectivity index (χ1n) is 16.7. The van der Waals surface area contributed by atoms with E-state index in [2.05, 4.69) is 160 Å². The van der Waals surface area contributed by atoms with Gasteiger partial charge in [-0.2, -0.15) is 0 Å². The molecule has 2 aliphatic heterocycles. The van der Waals surface area contributed by atoms with Crippen LogP contribution in [0.4, 0.5) is 11.4 Å². The lowest BCUT2D eigenvalue weighted by Gasteiger charge is -2.35. The summed E-state index contributed by atoms with van der Waals surface area (Å²) in [6, 6.07) is 27.2. The predicted molar refractivity (Wildman–Crippen MR) is 196 cm³/mol. The zero-order valence-corrected chi connectivity index (χ0v) is 27.4. The first-order valence-corrected chi connectivity index (χ1v) is 16.7. The molecule has 0 radical (unpaired) electrons. The Morgan fingerprint density at radius 2 is 1.49 bits per heavy atom. The summed E-state index contributed by atoms with van der Waals surface area (Å²) in [6.45, 7) is 9.03. The largest absolute Gasteiger partial charge is 0.367 e. The van der Waals surface area contributed by atoms with Crippen LogP contribution < -0.4 is 9.80 Å². The zero-order chi connectivity index (χ0) is 31.2. The van der Waals surface area contributed by atoms with Gasteiger partial charge in [-0.05, 0) is 96.3 Å². The molecule has 0 fully saturated rings. The molecule has 3 atom stereocenters. The lowest BCUT2D eigenvalue weighted by molar-refractivity contribution is 0.429. The summed E-state index contributed by atoms with van der Waals surface area (Å²) in [5, 5.41) is 5.36. The van der Waals surface area contributed by atoms with Crippen molar-refractivity contribution >= 4 is 32.9 Å². The van der Waals surface area contributed by atoms with Crippen molar-refractivity contribution in [2.24, 2.45) is 0 Å². The van der Waals surface area contributed by atoms with E-state index in [9.17, 15) is 0 Å². The lowest BCUT2D eigenvalue weighted by Crippen LogP contribution is -2.40. The number of hydrogen-bond acceptors (Lipinski definition) is 2. The van der Waals surface area contributed by atoms with Gasteiger partial charge in [-0.25, -0.2) is 0 Å². The Kier molecular flexibility index (Phi) is 7.56. The van der Waals surface area contributed by atoms with Crippen LogP contribution in [0.25, 0.3) is 21.5 Å². The van der Waals surface area contributed by atoms with Gasteiger partial charge in [-0.15, -0.1) is 6.58 Å². The molecule has 1 aliphatic carbocycles. The van der Waals surface area contributed by atoms with Crippen molar-refractivity contribution in [2.45, 2.75) is 69.2 Å². The van der Waals surface area contributed by atoms with Gasteiger partial charge in [0.05, 0.1) is 6.04 Å². The van der Waals surface area contributed by atoms with Gasteiger partial charge in [0.15, 0.2) is 0 Å². The molecular formula is C43H46N2. The van der Waals surface area contributed by atoms with Gasteiger partial charge in [-0.1, -0.05) is 110 Å². The molecule has 0 saturated heterocycles. The number of hydrogen-bond donors (Lipinski definition) is 0. The highest BCUT2D eigenvalue weighted by atomic mass is 15.2. The number of nitrogens with zero attached hydrogens (tertiary/aromatic N) is 2. The van der Waals surface area contributed by atoms with Crippen molar-refractivity contribution in [3.8, 4) is 0 Å². The van der Waals surface area contributed by atoms with Crippen LogP contribution in [0.15, 0.2) is 133 Å². The second-order valence-electron chi connectivity index (χ2n) is 13.8. The maximum absolute atomic E-state index is 4.15. The number of benzene rings is 4. The molecule has 0 aromatic heterocycles. The Hall–Kier alpha value is -4.30. The molecule has 228 valence electrons. The molecular weight excluding hydrogens is 544 g/mol. The van der Waals surface area contributed by atoms with Crippen LogP contribution in [0.3, 0.4) is 0 Å². The van der Waals surface area contributed by atoms with E-state index in [1.807, 2.05) is 0 Å². The molecule has 3 aliphatic rings. The molecule has 45 heavy (non-hydrogen) atoms. The number of rotatable bonds is 7. The maximum atomic E-state index is 4.15. The lowest BCUT2D eigenvalue weighted by atomic mass is 9.71. The highest BCUT2D eigenvalue weighted by Gasteiger charge is 2.46. The number of allylic oxidation sites excluding steroid dienone is 8. The van der Waals surface area contributed by atoms with Crippen molar-refractivity contribution < 1.29 is 0 Å². The van der Waals surface area contributed by atoms with Gasteiger partial charge in [0.25, 0.3) is 0 Å². The number of fused-ring (bicyclic) bond motifs is 6. The smallest absolute Gasteiger partial charge is 0.0571 e. The maximum Gasteiger partial charge on any atom is 0.0571 e. The number of likely N-dealkylation sites (N-methyl/N-ethyl adjacent to an activating group) is 2. The summed E-state index contributed by atoms with van der Waals surface area (Å²) in [5.74, 6) is 0. The van der Waals surface area contributed by atoms with Gasteiger partial charge in [0.1, 0.15) is 0 Å². The highest BCUT2D eigenvalue weighted by molar-refractivity contribution is 5.95. The van der Waals surface area contributed by atoms with Crippen molar-refractivity contribution in [1.29, 1.82) is 0 Å². The summed E-state index contributed by atoms with van der Waals surface area (Å²) in [5.41, 5.74) is 8.37. The Morgan fingerprint density at radius 1 is 0.800 bits per heavy atom. The minimum Gasteiger partial charge on any atom is -0.367 e.